The third kappa shape index (κ3) is 2.32. The minimum absolute atomic E-state index is 0.120. The van der Waals surface area contributed by atoms with Gasteiger partial charge in [0.1, 0.15) is 0 Å². The maximum atomic E-state index is 5.30. The summed E-state index contributed by atoms with van der Waals surface area (Å²) in [6.07, 6.45) is 7.22. The Hall–Kier alpha value is -2.91. The van der Waals surface area contributed by atoms with E-state index in [-0.39, 0.29) is 5.41 Å². The van der Waals surface area contributed by atoms with Crippen LogP contribution in [0.15, 0.2) is 83.9 Å². The van der Waals surface area contributed by atoms with E-state index in [1.807, 2.05) is 0 Å². The maximum Gasteiger partial charge on any atom is 0.0681 e. The zero-order chi connectivity index (χ0) is 21.1. The smallest absolute Gasteiger partial charge is 0.0681 e. The Bertz CT molecular complexity index is 1140. The number of hydrogen-bond donors (Lipinski definition) is 1. The molecule has 7 rings (SSSR count). The summed E-state index contributed by atoms with van der Waals surface area (Å²) in [5, 5.41) is 4.04. The van der Waals surface area contributed by atoms with Crippen LogP contribution in [0, 0.1) is 11.8 Å². The van der Waals surface area contributed by atoms with Gasteiger partial charge in [0.25, 0.3) is 0 Å². The number of fused-ring (bicyclic) bond motifs is 9. The third-order valence-corrected chi connectivity index (χ3v) is 8.51. The molecule has 4 aliphatic rings. The van der Waals surface area contributed by atoms with Crippen LogP contribution in [-0.4, -0.2) is 24.8 Å². The second-order valence-corrected chi connectivity index (χ2v) is 9.83. The molecule has 0 amide bonds. The summed E-state index contributed by atoms with van der Waals surface area (Å²) in [5.74, 6) is 1.35. The van der Waals surface area contributed by atoms with E-state index in [9.17, 15) is 0 Å². The monoisotopic (exact) mass is 419 g/mol. The van der Waals surface area contributed by atoms with Crippen LogP contribution in [0.2, 0.25) is 0 Å². The molecule has 0 bridgehead atoms. The van der Waals surface area contributed by atoms with Gasteiger partial charge < -0.3 is 10.2 Å². The number of anilines is 3. The summed E-state index contributed by atoms with van der Waals surface area (Å²) < 4.78 is 0. The summed E-state index contributed by atoms with van der Waals surface area (Å²) >= 11 is 0. The van der Waals surface area contributed by atoms with Crippen molar-refractivity contribution in [1.29, 1.82) is 0 Å². The Morgan fingerprint density at radius 2 is 1.47 bits per heavy atom. The van der Waals surface area contributed by atoms with Gasteiger partial charge in [0.2, 0.25) is 0 Å². The Morgan fingerprint density at radius 1 is 0.781 bits per heavy atom. The lowest BCUT2D eigenvalue weighted by Gasteiger charge is -2.50. The molecule has 3 heterocycles. The van der Waals surface area contributed by atoms with Gasteiger partial charge in [-0.2, -0.15) is 0 Å². The second kappa shape index (κ2) is 7.05. The van der Waals surface area contributed by atoms with E-state index >= 15 is 0 Å². The summed E-state index contributed by atoms with van der Waals surface area (Å²) in [7, 11) is 0. The molecule has 3 aromatic rings. The highest BCUT2D eigenvalue weighted by molar-refractivity contribution is 5.87. The summed E-state index contributed by atoms with van der Waals surface area (Å²) in [6, 6.07) is 29.8. The highest BCUT2D eigenvalue weighted by Gasteiger charge is 2.64. The number of nitrogens with zero attached hydrogens (tertiary/aromatic N) is 2. The van der Waals surface area contributed by atoms with Crippen LogP contribution in [0.5, 0.6) is 0 Å². The molecule has 0 radical (unpaired) electrons. The first kappa shape index (κ1) is 18.6. The molecule has 3 nitrogen and oxygen atoms in total. The average molecular weight is 420 g/mol. The molecule has 2 fully saturated rings. The number of nitrogens with one attached hydrogen (secondary N) is 1. The Morgan fingerprint density at radius 3 is 2.22 bits per heavy atom. The lowest BCUT2D eigenvalue weighted by Crippen LogP contribution is -2.56. The first-order valence-corrected chi connectivity index (χ1v) is 12.2. The second-order valence-electron chi connectivity index (χ2n) is 9.83. The van der Waals surface area contributed by atoms with E-state index in [2.05, 4.69) is 95.3 Å². The number of rotatable bonds is 1. The molecule has 3 aromatic carbocycles. The fourth-order valence-corrected chi connectivity index (χ4v) is 7.50. The van der Waals surface area contributed by atoms with Gasteiger partial charge >= 0.3 is 0 Å². The largest absolute Gasteiger partial charge is 0.312 e. The molecule has 1 spiro atoms. The van der Waals surface area contributed by atoms with E-state index < -0.39 is 0 Å². The number of aliphatic imine (C=N–C) groups is 1. The van der Waals surface area contributed by atoms with Crippen LogP contribution >= 0.6 is 0 Å². The van der Waals surface area contributed by atoms with Gasteiger partial charge in [-0.25, -0.2) is 0 Å². The van der Waals surface area contributed by atoms with Gasteiger partial charge in [-0.05, 0) is 85.7 Å². The summed E-state index contributed by atoms with van der Waals surface area (Å²) in [5.41, 5.74) is 6.61. The first-order valence-electron chi connectivity index (χ1n) is 12.2. The number of para-hydroxylation sites is 3. The molecule has 4 unspecified atom stereocenters. The van der Waals surface area contributed by atoms with Crippen molar-refractivity contribution in [3.05, 3.63) is 90.0 Å². The van der Waals surface area contributed by atoms with Gasteiger partial charge in [-0.15, -0.1) is 0 Å². The fraction of sp³-hybridized carbons (Fsp3) is 0.345. The van der Waals surface area contributed by atoms with E-state index in [4.69, 9.17) is 4.99 Å². The van der Waals surface area contributed by atoms with Crippen molar-refractivity contribution in [3.63, 3.8) is 0 Å². The van der Waals surface area contributed by atoms with Crippen LogP contribution in [0.3, 0.4) is 0 Å². The minimum atomic E-state index is -0.120. The molecule has 32 heavy (non-hydrogen) atoms. The fourth-order valence-electron chi connectivity index (χ4n) is 7.50. The van der Waals surface area contributed by atoms with Crippen molar-refractivity contribution in [3.8, 4) is 0 Å². The zero-order valence-corrected chi connectivity index (χ0v) is 18.3. The van der Waals surface area contributed by atoms with Crippen molar-refractivity contribution in [2.45, 2.75) is 43.2 Å². The van der Waals surface area contributed by atoms with E-state index in [0.717, 1.165) is 13.0 Å². The van der Waals surface area contributed by atoms with Gasteiger partial charge in [-0.1, -0.05) is 54.6 Å². The molecule has 0 aromatic heterocycles. The van der Waals surface area contributed by atoms with Crippen molar-refractivity contribution >= 4 is 23.3 Å². The molecular weight excluding hydrogens is 390 g/mol. The van der Waals surface area contributed by atoms with Crippen molar-refractivity contribution in [1.82, 2.24) is 5.32 Å². The van der Waals surface area contributed by atoms with Crippen molar-refractivity contribution in [2.75, 3.05) is 11.4 Å². The highest BCUT2D eigenvalue weighted by Crippen LogP contribution is 2.63. The standard InChI is InChI=1S/C29H29N3/c1-2-10-20(11-3-1)32-25-16-6-4-14-23(25)29(24-15-5-7-17-26(24)32)27-21(12-8-18-30-27)22-13-9-19-31-28(22)29/h1-7,10-11,14-18,21-22,27-28,31H,8-9,12-13,19H2. The molecule has 3 aliphatic heterocycles. The van der Waals surface area contributed by atoms with Gasteiger partial charge in [0.05, 0.1) is 22.8 Å². The van der Waals surface area contributed by atoms with Crippen LogP contribution < -0.4 is 10.2 Å². The van der Waals surface area contributed by atoms with E-state index in [1.165, 1.54) is 47.5 Å². The molecule has 4 atom stereocenters. The molecule has 3 heteroatoms. The molecule has 1 aliphatic carbocycles. The van der Waals surface area contributed by atoms with Gasteiger partial charge in [-0.3, -0.25) is 4.99 Å². The number of benzene rings is 3. The summed E-state index contributed by atoms with van der Waals surface area (Å²) in [6.45, 7) is 1.11. The van der Waals surface area contributed by atoms with Crippen LogP contribution in [0.1, 0.15) is 36.8 Å². The van der Waals surface area contributed by atoms with Crippen molar-refractivity contribution < 1.29 is 0 Å². The predicted octanol–water partition coefficient (Wildman–Crippen LogP) is 5.99. The molecule has 1 saturated heterocycles. The van der Waals surface area contributed by atoms with E-state index in [1.54, 1.807) is 0 Å². The Kier molecular flexibility index (Phi) is 4.10. The van der Waals surface area contributed by atoms with Crippen LogP contribution in [0.4, 0.5) is 17.1 Å². The average Bonchev–Trinajstić information content (AvgIpc) is 3.16. The summed E-state index contributed by atoms with van der Waals surface area (Å²) in [4.78, 5) is 7.77. The predicted molar refractivity (Wildman–Crippen MR) is 131 cm³/mol. The topological polar surface area (TPSA) is 27.6 Å². The highest BCUT2D eigenvalue weighted by atomic mass is 15.2. The van der Waals surface area contributed by atoms with Gasteiger partial charge in [0.15, 0.2) is 0 Å². The molecule has 1 saturated carbocycles. The minimum Gasteiger partial charge on any atom is -0.312 e. The lowest BCUT2D eigenvalue weighted by atomic mass is 9.63. The molecule has 1 N–H and O–H groups in total. The van der Waals surface area contributed by atoms with Crippen LogP contribution in [0.25, 0.3) is 0 Å². The SMILES string of the molecule is C1=NC2C(CC1)C1CCCNC1C21c2ccccc2N(c2ccccc2)c2ccccc21. The van der Waals surface area contributed by atoms with Crippen molar-refractivity contribution in [2.24, 2.45) is 16.8 Å². The van der Waals surface area contributed by atoms with Gasteiger partial charge in [0, 0.05) is 11.7 Å². The Balaban J connectivity index is 1.56. The third-order valence-electron chi connectivity index (χ3n) is 8.51. The van der Waals surface area contributed by atoms with E-state index in [0.29, 0.717) is 23.9 Å². The zero-order valence-electron chi connectivity index (χ0n) is 18.3. The normalized spacial score (nSPS) is 29.2. The molecular formula is C29H29N3. The lowest BCUT2D eigenvalue weighted by molar-refractivity contribution is 0.235. The number of piperidine rings is 1. The number of hydrogen-bond acceptors (Lipinski definition) is 3. The van der Waals surface area contributed by atoms with Crippen LogP contribution in [-0.2, 0) is 5.41 Å². The first-order chi connectivity index (χ1) is 15.9. The quantitative estimate of drug-likeness (QED) is 0.525. The maximum absolute atomic E-state index is 5.30. The Labute approximate surface area is 190 Å². The molecule has 160 valence electrons.